The van der Waals surface area contributed by atoms with E-state index in [2.05, 4.69) is 60.9 Å². The van der Waals surface area contributed by atoms with Crippen molar-refractivity contribution in [3.63, 3.8) is 0 Å². The lowest BCUT2D eigenvalue weighted by molar-refractivity contribution is 0.172. The van der Waals surface area contributed by atoms with E-state index in [0.29, 0.717) is 12.5 Å². The predicted molar refractivity (Wildman–Crippen MR) is 103 cm³/mol. The van der Waals surface area contributed by atoms with E-state index in [1.807, 2.05) is 11.3 Å². The van der Waals surface area contributed by atoms with E-state index in [1.165, 1.54) is 28.8 Å². The van der Waals surface area contributed by atoms with Gasteiger partial charge in [-0.15, -0.1) is 11.3 Å². The van der Waals surface area contributed by atoms with Crippen molar-refractivity contribution in [2.24, 2.45) is 0 Å². The third kappa shape index (κ3) is 5.08. The lowest BCUT2D eigenvalue weighted by atomic mass is 9.94. The molecule has 0 saturated carbocycles. The summed E-state index contributed by atoms with van der Waals surface area (Å²) < 4.78 is 5.03. The molecule has 2 aromatic rings. The zero-order valence-electron chi connectivity index (χ0n) is 15.1. The van der Waals surface area contributed by atoms with Crippen LogP contribution < -0.4 is 5.32 Å². The van der Waals surface area contributed by atoms with Gasteiger partial charge in [-0.1, -0.05) is 37.3 Å². The molecule has 2 heterocycles. The first-order valence-corrected chi connectivity index (χ1v) is 9.98. The Morgan fingerprint density at radius 2 is 2.08 bits per heavy atom. The quantitative estimate of drug-likeness (QED) is 0.695. The summed E-state index contributed by atoms with van der Waals surface area (Å²) in [5.41, 5.74) is 2.66. The van der Waals surface area contributed by atoms with Gasteiger partial charge in [0.05, 0.1) is 5.54 Å². The second kappa shape index (κ2) is 8.05. The molecule has 1 aliphatic heterocycles. The fourth-order valence-corrected chi connectivity index (χ4v) is 4.30. The van der Waals surface area contributed by atoms with Crippen LogP contribution in [0.25, 0.3) is 0 Å². The van der Waals surface area contributed by atoms with Gasteiger partial charge in [0.1, 0.15) is 6.61 Å². The Balaban J connectivity index is 1.45. The van der Waals surface area contributed by atoms with E-state index >= 15 is 0 Å². The van der Waals surface area contributed by atoms with Crippen LogP contribution in [0.1, 0.15) is 55.0 Å². The van der Waals surface area contributed by atoms with Crippen molar-refractivity contribution in [3.05, 3.63) is 57.8 Å². The van der Waals surface area contributed by atoms with Gasteiger partial charge >= 0.3 is 6.09 Å². The monoisotopic (exact) mass is 357 g/mol. The number of ether oxygens (including phenoxy) is 1. The maximum absolute atomic E-state index is 11.2. The third-order valence-electron chi connectivity index (χ3n) is 5.04. The molecule has 0 spiro atoms. The Kier molecular flexibility index (Phi) is 5.79. The first kappa shape index (κ1) is 18.0. The standard InChI is InChI=1S/C21H27NO2S/c1-16(7-6-10-17-8-4-3-5-9-17)18-13-19(25-14-18)11-12-21(2)15-24-20(23)22-21/h3-5,8-9,13-14,16H,6-7,10-12,15H2,1-2H3,(H,22,23). The summed E-state index contributed by atoms with van der Waals surface area (Å²) in [7, 11) is 0. The summed E-state index contributed by atoms with van der Waals surface area (Å²) in [6.07, 6.45) is 5.20. The highest BCUT2D eigenvalue weighted by molar-refractivity contribution is 7.10. The van der Waals surface area contributed by atoms with Crippen molar-refractivity contribution in [3.8, 4) is 0 Å². The molecular formula is C21H27NO2S. The van der Waals surface area contributed by atoms with Gasteiger partial charge < -0.3 is 10.1 Å². The molecule has 1 aromatic heterocycles. The van der Waals surface area contributed by atoms with Crippen molar-refractivity contribution >= 4 is 17.4 Å². The molecule has 1 saturated heterocycles. The topological polar surface area (TPSA) is 38.3 Å². The summed E-state index contributed by atoms with van der Waals surface area (Å²) >= 11 is 1.84. The second-order valence-electron chi connectivity index (χ2n) is 7.39. The average molecular weight is 358 g/mol. The molecule has 0 aliphatic carbocycles. The fraction of sp³-hybridized carbons (Fsp3) is 0.476. The number of rotatable bonds is 8. The zero-order chi connectivity index (χ0) is 17.7. The number of alkyl carbamates (subject to hydrolysis) is 1. The minimum atomic E-state index is -0.290. The number of carbonyl (C=O) groups is 1. The summed E-state index contributed by atoms with van der Waals surface area (Å²) in [5, 5.41) is 5.22. The number of nitrogens with one attached hydrogen (secondary N) is 1. The number of carbonyl (C=O) groups excluding carboxylic acids is 1. The number of benzene rings is 1. The molecule has 0 bridgehead atoms. The van der Waals surface area contributed by atoms with Crippen molar-refractivity contribution in [2.45, 2.75) is 57.4 Å². The molecule has 3 nitrogen and oxygen atoms in total. The Morgan fingerprint density at radius 3 is 2.80 bits per heavy atom. The Hall–Kier alpha value is -1.81. The highest BCUT2D eigenvalue weighted by atomic mass is 32.1. The SMILES string of the molecule is CC(CCCc1ccccc1)c1csc(CCC2(C)COC(=O)N2)c1. The number of aryl methyl sites for hydroxylation is 2. The number of thiophene rings is 1. The molecule has 1 amide bonds. The molecule has 1 fully saturated rings. The molecule has 4 heteroatoms. The predicted octanol–water partition coefficient (Wildman–Crippen LogP) is 5.31. The maximum Gasteiger partial charge on any atom is 0.407 e. The van der Waals surface area contributed by atoms with Crippen LogP contribution in [0.4, 0.5) is 4.79 Å². The van der Waals surface area contributed by atoms with Crippen LogP contribution in [0.15, 0.2) is 41.8 Å². The summed E-state index contributed by atoms with van der Waals surface area (Å²) in [6.45, 7) is 4.85. The molecule has 2 atom stereocenters. The summed E-state index contributed by atoms with van der Waals surface area (Å²) in [6, 6.07) is 13.1. The molecule has 1 aromatic carbocycles. The van der Waals surface area contributed by atoms with E-state index < -0.39 is 0 Å². The summed E-state index contributed by atoms with van der Waals surface area (Å²) in [5.74, 6) is 0.596. The Morgan fingerprint density at radius 1 is 1.28 bits per heavy atom. The van der Waals surface area contributed by atoms with Crippen LogP contribution in [0.2, 0.25) is 0 Å². The largest absolute Gasteiger partial charge is 0.447 e. The first-order valence-electron chi connectivity index (χ1n) is 9.10. The van der Waals surface area contributed by atoms with Crippen molar-refractivity contribution in [2.75, 3.05) is 6.61 Å². The van der Waals surface area contributed by atoms with E-state index in [0.717, 1.165) is 19.3 Å². The lowest BCUT2D eigenvalue weighted by Gasteiger charge is -2.20. The van der Waals surface area contributed by atoms with Crippen LogP contribution in [0, 0.1) is 0 Å². The Labute approximate surface area is 154 Å². The minimum Gasteiger partial charge on any atom is -0.447 e. The van der Waals surface area contributed by atoms with Crippen molar-refractivity contribution < 1.29 is 9.53 Å². The van der Waals surface area contributed by atoms with Gasteiger partial charge in [0, 0.05) is 4.88 Å². The molecule has 134 valence electrons. The van der Waals surface area contributed by atoms with Crippen LogP contribution in [-0.2, 0) is 17.6 Å². The highest BCUT2D eigenvalue weighted by Crippen LogP contribution is 2.28. The van der Waals surface area contributed by atoms with Gasteiger partial charge in [0.25, 0.3) is 0 Å². The van der Waals surface area contributed by atoms with E-state index in [1.54, 1.807) is 0 Å². The number of hydrogen-bond acceptors (Lipinski definition) is 3. The van der Waals surface area contributed by atoms with Gasteiger partial charge in [-0.2, -0.15) is 0 Å². The molecule has 25 heavy (non-hydrogen) atoms. The number of amides is 1. The van der Waals surface area contributed by atoms with Gasteiger partial charge in [0.2, 0.25) is 0 Å². The van der Waals surface area contributed by atoms with Crippen molar-refractivity contribution in [1.82, 2.24) is 5.32 Å². The molecule has 0 radical (unpaired) electrons. The number of cyclic esters (lactones) is 1. The Bertz CT molecular complexity index is 697. The van der Waals surface area contributed by atoms with E-state index in [-0.39, 0.29) is 11.6 Å². The average Bonchev–Trinajstić information content (AvgIpc) is 3.21. The maximum atomic E-state index is 11.2. The highest BCUT2D eigenvalue weighted by Gasteiger charge is 2.34. The van der Waals surface area contributed by atoms with Gasteiger partial charge in [-0.3, -0.25) is 0 Å². The van der Waals surface area contributed by atoms with Crippen LogP contribution in [0.5, 0.6) is 0 Å². The fourth-order valence-electron chi connectivity index (χ4n) is 3.29. The molecule has 3 rings (SSSR count). The van der Waals surface area contributed by atoms with Crippen LogP contribution in [-0.4, -0.2) is 18.2 Å². The molecule has 1 aliphatic rings. The van der Waals surface area contributed by atoms with E-state index in [9.17, 15) is 4.79 Å². The van der Waals surface area contributed by atoms with Crippen molar-refractivity contribution in [1.29, 1.82) is 0 Å². The third-order valence-corrected chi connectivity index (χ3v) is 6.05. The smallest absolute Gasteiger partial charge is 0.407 e. The first-order chi connectivity index (χ1) is 12.0. The second-order valence-corrected chi connectivity index (χ2v) is 8.38. The number of hydrogen-bond donors (Lipinski definition) is 1. The summed E-state index contributed by atoms with van der Waals surface area (Å²) in [4.78, 5) is 12.6. The van der Waals surface area contributed by atoms with Crippen LogP contribution >= 0.6 is 11.3 Å². The van der Waals surface area contributed by atoms with Gasteiger partial charge in [-0.05, 0) is 67.5 Å². The van der Waals surface area contributed by atoms with Crippen LogP contribution in [0.3, 0.4) is 0 Å². The normalized spacial score (nSPS) is 21.0. The van der Waals surface area contributed by atoms with Gasteiger partial charge in [0.15, 0.2) is 0 Å². The molecular weight excluding hydrogens is 330 g/mol. The van der Waals surface area contributed by atoms with E-state index in [4.69, 9.17) is 4.74 Å². The van der Waals surface area contributed by atoms with Gasteiger partial charge in [-0.25, -0.2) is 4.79 Å². The lowest BCUT2D eigenvalue weighted by Crippen LogP contribution is -2.40. The molecule has 2 unspecified atom stereocenters. The molecule has 1 N–H and O–H groups in total. The zero-order valence-corrected chi connectivity index (χ0v) is 15.9. The minimum absolute atomic E-state index is 0.220.